The molecule has 0 amide bonds. The van der Waals surface area contributed by atoms with Crippen LogP contribution in [0.25, 0.3) is 0 Å². The zero-order valence-corrected chi connectivity index (χ0v) is 10.3. The summed E-state index contributed by atoms with van der Waals surface area (Å²) in [5, 5.41) is 0. The third-order valence-electron chi connectivity index (χ3n) is 3.54. The van der Waals surface area contributed by atoms with Crippen molar-refractivity contribution < 1.29 is 14.3 Å². The fourth-order valence-corrected chi connectivity index (χ4v) is 2.60. The van der Waals surface area contributed by atoms with Gasteiger partial charge in [0.2, 0.25) is 0 Å². The highest BCUT2D eigenvalue weighted by Gasteiger charge is 2.41. The number of aliphatic imine (C=N–C) groups is 1. The summed E-state index contributed by atoms with van der Waals surface area (Å²) in [6.45, 7) is 2.00. The molecule has 3 atom stereocenters. The molecule has 0 aliphatic carbocycles. The maximum atomic E-state index is 11.6. The molecule has 5 heteroatoms. The van der Waals surface area contributed by atoms with Crippen molar-refractivity contribution in [3.05, 3.63) is 24.0 Å². The SMILES string of the molecule is COC(=O)C1CC2C(=N1)c1ccncc1OC2C. The first-order valence-corrected chi connectivity index (χ1v) is 5.97. The van der Waals surface area contributed by atoms with Gasteiger partial charge in [-0.3, -0.25) is 9.98 Å². The van der Waals surface area contributed by atoms with Crippen LogP contribution in [0.4, 0.5) is 0 Å². The highest BCUT2D eigenvalue weighted by Crippen LogP contribution is 2.37. The van der Waals surface area contributed by atoms with Gasteiger partial charge in [-0.1, -0.05) is 0 Å². The molecule has 0 radical (unpaired) electrons. The van der Waals surface area contributed by atoms with Crippen molar-refractivity contribution in [2.24, 2.45) is 10.9 Å². The Morgan fingerprint density at radius 1 is 1.56 bits per heavy atom. The fraction of sp³-hybridized carbons (Fsp3) is 0.462. The molecule has 0 bridgehead atoms. The van der Waals surface area contributed by atoms with Crippen LogP contribution in [0.1, 0.15) is 18.9 Å². The molecule has 1 aromatic rings. The van der Waals surface area contributed by atoms with Crippen molar-refractivity contribution in [1.29, 1.82) is 0 Å². The molecular weight excluding hydrogens is 232 g/mol. The van der Waals surface area contributed by atoms with Crippen LogP contribution in [0.5, 0.6) is 5.75 Å². The van der Waals surface area contributed by atoms with Gasteiger partial charge in [0.1, 0.15) is 17.9 Å². The number of pyridine rings is 1. The molecule has 3 heterocycles. The van der Waals surface area contributed by atoms with E-state index in [0.29, 0.717) is 6.42 Å². The summed E-state index contributed by atoms with van der Waals surface area (Å²) in [6.07, 6.45) is 4.07. The number of fused-ring (bicyclic) bond motifs is 3. The summed E-state index contributed by atoms with van der Waals surface area (Å²) in [6, 6.07) is 1.48. The van der Waals surface area contributed by atoms with E-state index >= 15 is 0 Å². The van der Waals surface area contributed by atoms with Gasteiger partial charge < -0.3 is 9.47 Å². The maximum Gasteiger partial charge on any atom is 0.330 e. The van der Waals surface area contributed by atoms with E-state index in [1.54, 1.807) is 12.4 Å². The smallest absolute Gasteiger partial charge is 0.330 e. The number of ether oxygens (including phenoxy) is 2. The summed E-state index contributed by atoms with van der Waals surface area (Å²) < 4.78 is 10.6. The minimum absolute atomic E-state index is 0.00936. The van der Waals surface area contributed by atoms with Crippen LogP contribution in [0.3, 0.4) is 0 Å². The van der Waals surface area contributed by atoms with Crippen LogP contribution in [0.15, 0.2) is 23.5 Å². The number of rotatable bonds is 1. The number of esters is 1. The van der Waals surface area contributed by atoms with Gasteiger partial charge in [-0.2, -0.15) is 0 Å². The summed E-state index contributed by atoms with van der Waals surface area (Å²) in [5.41, 5.74) is 1.89. The van der Waals surface area contributed by atoms with Crippen LogP contribution in [0.2, 0.25) is 0 Å². The minimum atomic E-state index is -0.403. The lowest BCUT2D eigenvalue weighted by molar-refractivity contribution is -0.142. The van der Waals surface area contributed by atoms with Gasteiger partial charge >= 0.3 is 5.97 Å². The van der Waals surface area contributed by atoms with Crippen molar-refractivity contribution in [2.75, 3.05) is 7.11 Å². The first-order valence-electron chi connectivity index (χ1n) is 5.97. The van der Waals surface area contributed by atoms with Crippen molar-refractivity contribution >= 4 is 11.7 Å². The Hall–Kier alpha value is -1.91. The number of carbonyl (C=O) groups is 1. The van der Waals surface area contributed by atoms with Gasteiger partial charge in [-0.25, -0.2) is 4.79 Å². The predicted molar refractivity (Wildman–Crippen MR) is 64.8 cm³/mol. The molecule has 3 rings (SSSR count). The van der Waals surface area contributed by atoms with Crippen LogP contribution in [-0.2, 0) is 9.53 Å². The topological polar surface area (TPSA) is 60.8 Å². The van der Waals surface area contributed by atoms with Gasteiger partial charge in [0, 0.05) is 17.7 Å². The normalized spacial score (nSPS) is 28.8. The molecule has 2 aliphatic heterocycles. The lowest BCUT2D eigenvalue weighted by Crippen LogP contribution is -2.34. The van der Waals surface area contributed by atoms with Gasteiger partial charge in [0.15, 0.2) is 0 Å². The number of aromatic nitrogens is 1. The number of methoxy groups -OCH3 is 1. The highest BCUT2D eigenvalue weighted by molar-refractivity contribution is 6.08. The molecule has 0 saturated carbocycles. The Balaban J connectivity index is 2.02. The average Bonchev–Trinajstić information content (AvgIpc) is 2.84. The third-order valence-corrected chi connectivity index (χ3v) is 3.54. The molecule has 18 heavy (non-hydrogen) atoms. The maximum absolute atomic E-state index is 11.6. The van der Waals surface area contributed by atoms with Crippen molar-refractivity contribution in [3.8, 4) is 5.75 Å². The molecule has 0 spiro atoms. The first kappa shape index (κ1) is 11.2. The monoisotopic (exact) mass is 246 g/mol. The van der Waals surface area contributed by atoms with Crippen molar-refractivity contribution in [3.63, 3.8) is 0 Å². The highest BCUT2D eigenvalue weighted by atomic mass is 16.5. The van der Waals surface area contributed by atoms with Crippen LogP contribution >= 0.6 is 0 Å². The first-order chi connectivity index (χ1) is 8.70. The molecule has 3 unspecified atom stereocenters. The summed E-state index contributed by atoms with van der Waals surface area (Å²) in [7, 11) is 1.39. The van der Waals surface area contributed by atoms with Gasteiger partial charge in [0.05, 0.1) is 19.0 Å². The zero-order chi connectivity index (χ0) is 12.7. The van der Waals surface area contributed by atoms with E-state index in [9.17, 15) is 4.79 Å². The van der Waals surface area contributed by atoms with Gasteiger partial charge in [-0.05, 0) is 19.4 Å². The van der Waals surface area contributed by atoms with Crippen molar-refractivity contribution in [2.45, 2.75) is 25.5 Å². The van der Waals surface area contributed by atoms with E-state index in [1.165, 1.54) is 7.11 Å². The number of hydrogen-bond acceptors (Lipinski definition) is 5. The van der Waals surface area contributed by atoms with E-state index in [1.807, 2.05) is 13.0 Å². The van der Waals surface area contributed by atoms with Crippen LogP contribution in [-0.4, -0.2) is 35.9 Å². The number of hydrogen-bond donors (Lipinski definition) is 0. The molecule has 0 saturated heterocycles. The van der Waals surface area contributed by atoms with E-state index in [4.69, 9.17) is 9.47 Å². The predicted octanol–water partition coefficient (Wildman–Crippen LogP) is 1.21. The number of carbonyl (C=O) groups excluding carboxylic acids is 1. The fourth-order valence-electron chi connectivity index (χ4n) is 2.60. The van der Waals surface area contributed by atoms with Gasteiger partial charge in [0.25, 0.3) is 0 Å². The Morgan fingerprint density at radius 2 is 2.39 bits per heavy atom. The van der Waals surface area contributed by atoms with Crippen molar-refractivity contribution in [1.82, 2.24) is 4.98 Å². The second-order valence-corrected chi connectivity index (χ2v) is 4.59. The zero-order valence-electron chi connectivity index (χ0n) is 10.3. The molecule has 0 N–H and O–H groups in total. The molecular formula is C13H14N2O3. The molecule has 94 valence electrons. The van der Waals surface area contributed by atoms with E-state index in [2.05, 4.69) is 9.98 Å². The standard InChI is InChI=1S/C13H14N2O3/c1-7-9-5-10(13(16)17-2)15-12(9)8-3-4-14-6-11(8)18-7/h3-4,6-7,9-10H,5H2,1-2H3. The quantitative estimate of drug-likeness (QED) is 0.699. The lowest BCUT2D eigenvalue weighted by Gasteiger charge is -2.29. The van der Waals surface area contributed by atoms with E-state index in [0.717, 1.165) is 17.0 Å². The summed E-state index contributed by atoms with van der Waals surface area (Å²) in [4.78, 5) is 20.1. The molecule has 1 aromatic heterocycles. The third kappa shape index (κ3) is 1.58. The molecule has 0 fully saturated rings. The molecule has 5 nitrogen and oxygen atoms in total. The Bertz CT molecular complexity index is 527. The van der Waals surface area contributed by atoms with Crippen LogP contribution in [0, 0.1) is 5.92 Å². The van der Waals surface area contributed by atoms with Crippen LogP contribution < -0.4 is 4.74 Å². The molecule has 0 aromatic carbocycles. The average molecular weight is 246 g/mol. The van der Waals surface area contributed by atoms with E-state index in [-0.39, 0.29) is 18.0 Å². The largest absolute Gasteiger partial charge is 0.488 e. The second kappa shape index (κ2) is 4.08. The van der Waals surface area contributed by atoms with E-state index < -0.39 is 6.04 Å². The summed E-state index contributed by atoms with van der Waals surface area (Å²) >= 11 is 0. The Kier molecular flexibility index (Phi) is 2.54. The Labute approximate surface area is 105 Å². The Morgan fingerprint density at radius 3 is 3.17 bits per heavy atom. The number of nitrogens with zero attached hydrogens (tertiary/aromatic N) is 2. The lowest BCUT2D eigenvalue weighted by atomic mass is 9.88. The second-order valence-electron chi connectivity index (χ2n) is 4.59. The minimum Gasteiger partial charge on any atom is -0.488 e. The summed E-state index contributed by atoms with van der Waals surface area (Å²) in [5.74, 6) is 0.620. The van der Waals surface area contributed by atoms with Gasteiger partial charge in [-0.15, -0.1) is 0 Å². The molecule has 2 aliphatic rings.